The van der Waals surface area contributed by atoms with Crippen molar-refractivity contribution in [1.29, 1.82) is 0 Å². The van der Waals surface area contributed by atoms with Crippen molar-refractivity contribution in [3.8, 4) is 22.8 Å². The molecule has 2 aliphatic rings. The summed E-state index contributed by atoms with van der Waals surface area (Å²) in [5.74, 6) is -0.227. The van der Waals surface area contributed by atoms with E-state index in [1.165, 1.54) is 12.1 Å². The molecule has 38 heavy (non-hydrogen) atoms. The number of aromatic nitrogens is 3. The fourth-order valence-corrected chi connectivity index (χ4v) is 4.80. The van der Waals surface area contributed by atoms with Crippen LogP contribution in [0, 0.1) is 11.6 Å². The largest absolute Gasteiger partial charge is 0.394 e. The molecule has 3 N–H and O–H groups in total. The molecule has 0 fully saturated rings. The van der Waals surface area contributed by atoms with E-state index >= 15 is 8.78 Å². The van der Waals surface area contributed by atoms with Crippen molar-refractivity contribution in [3.05, 3.63) is 71.3 Å². The molecule has 3 heterocycles. The Morgan fingerprint density at radius 2 is 1.34 bits per heavy atom. The minimum Gasteiger partial charge on any atom is -0.394 e. The lowest BCUT2D eigenvalue weighted by Gasteiger charge is -2.16. The van der Waals surface area contributed by atoms with Crippen LogP contribution < -0.4 is 10.6 Å². The van der Waals surface area contributed by atoms with Crippen molar-refractivity contribution in [3.63, 3.8) is 0 Å². The van der Waals surface area contributed by atoms with Crippen molar-refractivity contribution in [2.45, 2.75) is 19.4 Å². The van der Waals surface area contributed by atoms with Crippen LogP contribution in [0.5, 0.6) is 0 Å². The zero-order valence-electron chi connectivity index (χ0n) is 21.1. The maximum Gasteiger partial charge on any atom is 0.167 e. The molecule has 0 unspecified atom stereocenters. The molecule has 10 heteroatoms. The summed E-state index contributed by atoms with van der Waals surface area (Å²) in [6.07, 6.45) is 5.82. The lowest BCUT2D eigenvalue weighted by molar-refractivity contribution is 0.0873. The van der Waals surface area contributed by atoms with Crippen molar-refractivity contribution in [2.75, 3.05) is 46.0 Å². The molecule has 0 bridgehead atoms. The number of hydrogen-bond donors (Lipinski definition) is 3. The van der Waals surface area contributed by atoms with Gasteiger partial charge in [0.05, 0.1) is 30.9 Å². The Morgan fingerprint density at radius 3 is 1.76 bits per heavy atom. The zero-order valence-corrected chi connectivity index (χ0v) is 21.9. The number of rotatable bonds is 9. The fraction of sp³-hybridized carbons (Fsp3) is 0.357. The summed E-state index contributed by atoms with van der Waals surface area (Å²) in [4.78, 5) is 0. The molecule has 0 saturated heterocycles. The molecule has 0 radical (unpaired) electrons. The molecule has 2 aromatic carbocycles. The van der Waals surface area contributed by atoms with E-state index in [1.54, 1.807) is 16.7 Å². The Labute approximate surface area is 227 Å². The van der Waals surface area contributed by atoms with Crippen LogP contribution >= 0.6 is 12.4 Å². The number of nitrogens with one attached hydrogen (secondary N) is 2. The van der Waals surface area contributed by atoms with Crippen LogP contribution in [-0.4, -0.2) is 65.9 Å². The molecule has 3 aromatic rings. The topological polar surface area (TPSA) is 84.2 Å². The number of aliphatic hydroxyl groups excluding tert-OH is 1. The van der Waals surface area contributed by atoms with Gasteiger partial charge in [0.15, 0.2) is 11.6 Å². The van der Waals surface area contributed by atoms with E-state index in [0.717, 1.165) is 61.3 Å². The molecular weight excluding hydrogens is 512 g/mol. The molecule has 0 saturated carbocycles. The molecule has 7 nitrogen and oxygen atoms in total. The van der Waals surface area contributed by atoms with Gasteiger partial charge in [0.25, 0.3) is 0 Å². The molecule has 2 aliphatic heterocycles. The number of hydrogen-bond acceptors (Lipinski definition) is 6. The smallest absolute Gasteiger partial charge is 0.167 e. The number of aliphatic hydroxyl groups is 1. The Balaban J connectivity index is 0.00000336. The monoisotopic (exact) mass is 543 g/mol. The van der Waals surface area contributed by atoms with Crippen molar-refractivity contribution < 1.29 is 18.6 Å². The first kappa shape index (κ1) is 28.1. The standard InChI is InChI=1S/C28H31F2N5O2.ClH/c29-25-17-21(19-5-9-31-10-6-19)1-3-23(25)27-33-34-28(35(27)13-15-37-16-14-36)24-4-2-22(18-26(24)30)20-7-11-32-12-8-20;/h1-5,7,17-18,31-32,36H,6,8-16H2;1H. The maximum absolute atomic E-state index is 15.4. The Morgan fingerprint density at radius 1 is 0.816 bits per heavy atom. The maximum atomic E-state index is 15.4. The third-order valence-electron chi connectivity index (χ3n) is 6.74. The summed E-state index contributed by atoms with van der Waals surface area (Å²) >= 11 is 0. The van der Waals surface area contributed by atoms with E-state index in [0.29, 0.717) is 11.6 Å². The van der Waals surface area contributed by atoms with Gasteiger partial charge in [-0.2, -0.15) is 0 Å². The van der Waals surface area contributed by atoms with E-state index in [4.69, 9.17) is 9.84 Å². The molecule has 1 aromatic heterocycles. The van der Waals surface area contributed by atoms with Crippen LogP contribution in [0.1, 0.15) is 24.0 Å². The van der Waals surface area contributed by atoms with Crippen LogP contribution in [0.25, 0.3) is 33.9 Å². The molecule has 0 amide bonds. The molecular formula is C28H32ClF2N5O2. The summed E-state index contributed by atoms with van der Waals surface area (Å²) in [7, 11) is 0. The van der Waals surface area contributed by atoms with Gasteiger partial charge in [-0.1, -0.05) is 24.3 Å². The second kappa shape index (κ2) is 13.2. The van der Waals surface area contributed by atoms with E-state index in [1.807, 2.05) is 12.1 Å². The minimum absolute atomic E-state index is 0. The average molecular weight is 544 g/mol. The summed E-state index contributed by atoms with van der Waals surface area (Å²) in [6.45, 7) is 3.83. The van der Waals surface area contributed by atoms with Gasteiger partial charge in [-0.25, -0.2) is 8.78 Å². The highest BCUT2D eigenvalue weighted by atomic mass is 35.5. The van der Waals surface area contributed by atoms with Gasteiger partial charge >= 0.3 is 0 Å². The third-order valence-corrected chi connectivity index (χ3v) is 6.74. The second-order valence-corrected chi connectivity index (χ2v) is 9.09. The highest BCUT2D eigenvalue weighted by Gasteiger charge is 2.22. The van der Waals surface area contributed by atoms with Crippen molar-refractivity contribution in [2.24, 2.45) is 0 Å². The van der Waals surface area contributed by atoms with Crippen LogP contribution in [0.3, 0.4) is 0 Å². The fourth-order valence-electron chi connectivity index (χ4n) is 4.80. The predicted molar refractivity (Wildman–Crippen MR) is 147 cm³/mol. The Kier molecular flexibility index (Phi) is 9.76. The van der Waals surface area contributed by atoms with Gasteiger partial charge in [-0.3, -0.25) is 0 Å². The molecule has 0 atom stereocenters. The normalized spacial score (nSPS) is 15.6. The number of ether oxygens (including phenoxy) is 1. The first-order valence-corrected chi connectivity index (χ1v) is 12.7. The molecule has 202 valence electrons. The van der Waals surface area contributed by atoms with Crippen molar-refractivity contribution >= 4 is 23.6 Å². The summed E-state index contributed by atoms with van der Waals surface area (Å²) < 4.78 is 37.9. The lowest BCUT2D eigenvalue weighted by Crippen LogP contribution is -2.20. The minimum atomic E-state index is -0.415. The quantitative estimate of drug-likeness (QED) is 0.353. The van der Waals surface area contributed by atoms with E-state index < -0.39 is 11.6 Å². The van der Waals surface area contributed by atoms with E-state index in [2.05, 4.69) is 33.0 Å². The van der Waals surface area contributed by atoms with Gasteiger partial charge in [0.2, 0.25) is 0 Å². The average Bonchev–Trinajstić information content (AvgIpc) is 3.35. The first-order valence-electron chi connectivity index (χ1n) is 12.7. The summed E-state index contributed by atoms with van der Waals surface area (Å²) in [5, 5.41) is 24.1. The predicted octanol–water partition coefficient (Wildman–Crippen LogP) is 4.07. The molecule has 0 spiro atoms. The van der Waals surface area contributed by atoms with Crippen LogP contribution in [0.2, 0.25) is 0 Å². The molecule has 5 rings (SSSR count). The number of halogens is 3. The van der Waals surface area contributed by atoms with Gasteiger partial charge in [0.1, 0.15) is 11.6 Å². The Hall–Kier alpha value is -2.95. The summed E-state index contributed by atoms with van der Waals surface area (Å²) in [5.41, 5.74) is 4.47. The third kappa shape index (κ3) is 6.19. The second-order valence-electron chi connectivity index (χ2n) is 9.09. The van der Waals surface area contributed by atoms with Gasteiger partial charge in [0, 0.05) is 19.6 Å². The van der Waals surface area contributed by atoms with Crippen LogP contribution in [0.4, 0.5) is 8.78 Å². The zero-order chi connectivity index (χ0) is 25.6. The van der Waals surface area contributed by atoms with Gasteiger partial charge in [-0.05, 0) is 72.5 Å². The van der Waals surface area contributed by atoms with Crippen LogP contribution in [0.15, 0.2) is 48.6 Å². The Bertz CT molecular complexity index is 1230. The lowest BCUT2D eigenvalue weighted by atomic mass is 9.98. The van der Waals surface area contributed by atoms with E-state index in [-0.39, 0.29) is 49.9 Å². The highest BCUT2D eigenvalue weighted by molar-refractivity contribution is 5.85. The molecule has 0 aliphatic carbocycles. The number of nitrogens with zero attached hydrogens (tertiary/aromatic N) is 3. The summed E-state index contributed by atoms with van der Waals surface area (Å²) in [6, 6.07) is 10.2. The SMILES string of the molecule is Cl.OCCOCCn1c(-c2ccc(C3=CCNCC3)cc2F)nnc1-c1ccc(C2=CCNCC2)cc1F. The van der Waals surface area contributed by atoms with Crippen LogP contribution in [-0.2, 0) is 11.3 Å². The highest BCUT2D eigenvalue weighted by Crippen LogP contribution is 2.32. The van der Waals surface area contributed by atoms with Crippen molar-refractivity contribution in [1.82, 2.24) is 25.4 Å². The van der Waals surface area contributed by atoms with Gasteiger partial charge < -0.3 is 25.0 Å². The number of benzene rings is 2. The first-order chi connectivity index (χ1) is 18.2. The van der Waals surface area contributed by atoms with Gasteiger partial charge in [-0.15, -0.1) is 22.6 Å². The van der Waals surface area contributed by atoms with E-state index in [9.17, 15) is 0 Å².